The molecule has 0 amide bonds. The van der Waals surface area contributed by atoms with Gasteiger partial charge in [0.05, 0.1) is 0 Å². The fraction of sp³-hybridized carbons (Fsp3) is 1.00. The van der Waals surface area contributed by atoms with Crippen LogP contribution < -0.4 is 0 Å². The van der Waals surface area contributed by atoms with Crippen molar-refractivity contribution in [3.8, 4) is 0 Å². The molecule has 0 aromatic rings. The van der Waals surface area contributed by atoms with E-state index in [0.29, 0.717) is 0 Å². The van der Waals surface area contributed by atoms with E-state index in [1.807, 2.05) is 13.8 Å². The molecular formula is C4H11NOZn. The summed E-state index contributed by atoms with van der Waals surface area (Å²) >= 11 is 0. The molecule has 40 valence electrons. The Morgan fingerprint density at radius 2 is 1.57 bits per heavy atom. The van der Waals surface area contributed by atoms with Crippen molar-refractivity contribution in [3.63, 3.8) is 0 Å². The van der Waals surface area contributed by atoms with Gasteiger partial charge in [-0.2, -0.15) is 5.06 Å². The van der Waals surface area contributed by atoms with Crippen molar-refractivity contribution in [1.29, 1.82) is 0 Å². The summed E-state index contributed by atoms with van der Waals surface area (Å²) < 4.78 is 0. The molecule has 0 aliphatic rings. The Bertz CT molecular complexity index is 30.9. The number of hydrogen-bond donors (Lipinski definition) is 1. The van der Waals surface area contributed by atoms with Gasteiger partial charge in [-0.05, 0) is 0 Å². The van der Waals surface area contributed by atoms with E-state index in [-0.39, 0.29) is 19.5 Å². The van der Waals surface area contributed by atoms with Crippen LogP contribution in [-0.4, -0.2) is 23.4 Å². The Morgan fingerprint density at radius 3 is 1.57 bits per heavy atom. The van der Waals surface area contributed by atoms with Crippen LogP contribution in [-0.2, 0) is 19.5 Å². The summed E-state index contributed by atoms with van der Waals surface area (Å²) in [5.41, 5.74) is 0. The van der Waals surface area contributed by atoms with Crippen molar-refractivity contribution in [2.24, 2.45) is 0 Å². The van der Waals surface area contributed by atoms with Crippen LogP contribution in [0.2, 0.25) is 0 Å². The first kappa shape index (κ1) is 10.5. The van der Waals surface area contributed by atoms with Gasteiger partial charge in [0.1, 0.15) is 0 Å². The van der Waals surface area contributed by atoms with Gasteiger partial charge in [-0.3, -0.25) is 0 Å². The SMILES string of the molecule is CCN(O)CC.[Zn]. The number of hydrogen-bond acceptors (Lipinski definition) is 2. The second kappa shape index (κ2) is 6.54. The Hall–Kier alpha value is 0.543. The van der Waals surface area contributed by atoms with Crippen LogP contribution in [0, 0.1) is 0 Å². The van der Waals surface area contributed by atoms with Crippen molar-refractivity contribution >= 4 is 0 Å². The van der Waals surface area contributed by atoms with Gasteiger partial charge >= 0.3 is 0 Å². The van der Waals surface area contributed by atoms with Gasteiger partial charge in [0.2, 0.25) is 0 Å². The maximum Gasteiger partial charge on any atom is 0.0209 e. The van der Waals surface area contributed by atoms with E-state index in [4.69, 9.17) is 5.21 Å². The number of hydroxylamine groups is 2. The van der Waals surface area contributed by atoms with Crippen molar-refractivity contribution in [2.75, 3.05) is 13.1 Å². The molecule has 0 radical (unpaired) electrons. The minimum atomic E-state index is 0. The zero-order chi connectivity index (χ0) is 4.99. The van der Waals surface area contributed by atoms with Gasteiger partial charge in [-0.1, -0.05) is 13.8 Å². The molecule has 1 N–H and O–H groups in total. The van der Waals surface area contributed by atoms with Crippen LogP contribution in [0.4, 0.5) is 0 Å². The largest absolute Gasteiger partial charge is 0.314 e. The summed E-state index contributed by atoms with van der Waals surface area (Å²) in [5.74, 6) is 0. The fourth-order valence-electron chi connectivity index (χ4n) is 0.224. The van der Waals surface area contributed by atoms with Crippen LogP contribution in [0.25, 0.3) is 0 Å². The third kappa shape index (κ3) is 6.54. The number of rotatable bonds is 2. The van der Waals surface area contributed by atoms with Crippen LogP contribution >= 0.6 is 0 Å². The molecule has 0 rings (SSSR count). The summed E-state index contributed by atoms with van der Waals surface area (Å²) in [4.78, 5) is 0. The molecule has 0 aliphatic heterocycles. The Labute approximate surface area is 57.2 Å². The number of nitrogens with zero attached hydrogens (tertiary/aromatic N) is 1. The molecule has 2 nitrogen and oxygen atoms in total. The summed E-state index contributed by atoms with van der Waals surface area (Å²) in [5, 5.41) is 9.75. The molecule has 0 atom stereocenters. The standard InChI is InChI=1S/C4H11NO.Zn/c1-3-5(6)4-2;/h6H,3-4H2,1-2H3;. The normalized spacial score (nSPS) is 8.57. The second-order valence-electron chi connectivity index (χ2n) is 1.14. The predicted molar refractivity (Wildman–Crippen MR) is 24.7 cm³/mol. The van der Waals surface area contributed by atoms with Crippen LogP contribution in [0.1, 0.15) is 13.8 Å². The molecule has 0 aromatic carbocycles. The molecule has 0 saturated heterocycles. The van der Waals surface area contributed by atoms with Crippen LogP contribution in [0.3, 0.4) is 0 Å². The maximum absolute atomic E-state index is 8.50. The molecule has 3 heteroatoms. The Morgan fingerprint density at radius 1 is 1.29 bits per heavy atom. The van der Waals surface area contributed by atoms with E-state index in [1.54, 1.807) is 0 Å². The molecule has 7 heavy (non-hydrogen) atoms. The molecule has 0 spiro atoms. The molecule has 0 bridgehead atoms. The third-order valence-electron chi connectivity index (χ3n) is 0.730. The van der Waals surface area contributed by atoms with Gasteiger partial charge < -0.3 is 5.21 Å². The summed E-state index contributed by atoms with van der Waals surface area (Å²) in [6, 6.07) is 0. The molecule has 0 heterocycles. The summed E-state index contributed by atoms with van der Waals surface area (Å²) in [6.07, 6.45) is 0. The summed E-state index contributed by atoms with van der Waals surface area (Å²) in [7, 11) is 0. The molecular weight excluding hydrogens is 143 g/mol. The van der Waals surface area contributed by atoms with Crippen molar-refractivity contribution in [3.05, 3.63) is 0 Å². The first-order valence-corrected chi connectivity index (χ1v) is 2.25. The molecule has 0 aromatic heterocycles. The Balaban J connectivity index is 0. The molecule has 0 fully saturated rings. The second-order valence-corrected chi connectivity index (χ2v) is 1.14. The van der Waals surface area contributed by atoms with E-state index in [0.717, 1.165) is 13.1 Å². The van der Waals surface area contributed by atoms with E-state index in [9.17, 15) is 0 Å². The van der Waals surface area contributed by atoms with E-state index >= 15 is 0 Å². The molecule has 0 aliphatic carbocycles. The first-order chi connectivity index (χ1) is 2.81. The van der Waals surface area contributed by atoms with Gasteiger partial charge in [0.25, 0.3) is 0 Å². The predicted octanol–water partition coefficient (Wildman–Crippen LogP) is 0.715. The van der Waals surface area contributed by atoms with E-state index < -0.39 is 0 Å². The van der Waals surface area contributed by atoms with Crippen molar-refractivity contribution in [1.82, 2.24) is 5.06 Å². The minimum Gasteiger partial charge on any atom is -0.314 e. The minimum absolute atomic E-state index is 0. The van der Waals surface area contributed by atoms with Crippen LogP contribution in [0.15, 0.2) is 0 Å². The fourth-order valence-corrected chi connectivity index (χ4v) is 0.224. The van der Waals surface area contributed by atoms with Gasteiger partial charge in [0.15, 0.2) is 0 Å². The summed E-state index contributed by atoms with van der Waals surface area (Å²) in [6.45, 7) is 5.25. The average Bonchev–Trinajstić information content (AvgIpc) is 1.65. The Kier molecular flexibility index (Phi) is 9.82. The monoisotopic (exact) mass is 153 g/mol. The van der Waals surface area contributed by atoms with Crippen LogP contribution in [0.5, 0.6) is 0 Å². The zero-order valence-corrected chi connectivity index (χ0v) is 7.98. The smallest absolute Gasteiger partial charge is 0.0209 e. The first-order valence-electron chi connectivity index (χ1n) is 2.25. The maximum atomic E-state index is 8.50. The third-order valence-corrected chi connectivity index (χ3v) is 0.730. The van der Waals surface area contributed by atoms with Crippen molar-refractivity contribution in [2.45, 2.75) is 13.8 Å². The average molecular weight is 155 g/mol. The van der Waals surface area contributed by atoms with Crippen molar-refractivity contribution < 1.29 is 24.7 Å². The van der Waals surface area contributed by atoms with Gasteiger partial charge in [-0.25, -0.2) is 0 Å². The quantitative estimate of drug-likeness (QED) is 0.468. The zero-order valence-electron chi connectivity index (χ0n) is 5.02. The topological polar surface area (TPSA) is 23.5 Å². The van der Waals surface area contributed by atoms with E-state index in [1.165, 1.54) is 5.06 Å². The van der Waals surface area contributed by atoms with E-state index in [2.05, 4.69) is 0 Å². The van der Waals surface area contributed by atoms with Gasteiger partial charge in [-0.15, -0.1) is 0 Å². The molecule has 0 unspecified atom stereocenters. The van der Waals surface area contributed by atoms with Gasteiger partial charge in [0, 0.05) is 32.6 Å². The molecule has 0 saturated carbocycles.